The maximum Gasteiger partial charge on any atom is 0.266 e. The molecule has 7 heteroatoms. The number of aliphatic hydroxyl groups is 1. The summed E-state index contributed by atoms with van der Waals surface area (Å²) in [6.45, 7) is 1.04. The normalized spacial score (nSPS) is 17.0. The third-order valence-electron chi connectivity index (χ3n) is 8.47. The highest BCUT2D eigenvalue weighted by Gasteiger charge is 2.52. The maximum atomic E-state index is 14.4. The van der Waals surface area contributed by atoms with E-state index in [1.807, 2.05) is 115 Å². The third kappa shape index (κ3) is 8.51. The van der Waals surface area contributed by atoms with E-state index in [0.717, 1.165) is 34.2 Å². The number of amides is 1. The number of carbonyl (C=O) groups is 1. The lowest BCUT2D eigenvalue weighted by atomic mass is 9.84. The molecule has 3 N–H and O–H groups in total. The van der Waals surface area contributed by atoms with Crippen molar-refractivity contribution in [3.05, 3.63) is 168 Å². The lowest BCUT2D eigenvalue weighted by Gasteiger charge is -2.30. The smallest absolute Gasteiger partial charge is 0.266 e. The quantitative estimate of drug-likeness (QED) is 0.0814. The number of hydrogen-bond acceptors (Lipinski definition) is 6. The van der Waals surface area contributed by atoms with E-state index in [0.29, 0.717) is 37.6 Å². The van der Waals surface area contributed by atoms with Crippen LogP contribution >= 0.6 is 0 Å². The molecule has 7 nitrogen and oxygen atoms in total. The molecule has 1 aliphatic heterocycles. The zero-order chi connectivity index (χ0) is 33.7. The van der Waals surface area contributed by atoms with Crippen LogP contribution in [0.4, 0.5) is 0 Å². The molecule has 2 atom stereocenters. The van der Waals surface area contributed by atoms with Crippen molar-refractivity contribution < 1.29 is 19.4 Å². The minimum absolute atomic E-state index is 0.0699. The predicted molar refractivity (Wildman–Crippen MR) is 195 cm³/mol. The second-order valence-electron chi connectivity index (χ2n) is 11.9. The average Bonchev–Trinajstić information content (AvgIpc) is 3.56. The first kappa shape index (κ1) is 33.4. The molecule has 0 fully saturated rings. The van der Waals surface area contributed by atoms with Crippen molar-refractivity contribution in [1.29, 1.82) is 0 Å². The molecule has 0 spiro atoms. The Morgan fingerprint density at radius 1 is 0.796 bits per heavy atom. The van der Waals surface area contributed by atoms with Crippen LogP contribution in [0.3, 0.4) is 0 Å². The fourth-order valence-corrected chi connectivity index (χ4v) is 5.84. The first-order chi connectivity index (χ1) is 24.1. The fraction of sp³-hybridized carbons (Fsp3) is 0.190. The van der Waals surface area contributed by atoms with Crippen molar-refractivity contribution in [3.63, 3.8) is 0 Å². The van der Waals surface area contributed by atoms with E-state index in [4.69, 9.17) is 19.6 Å². The monoisotopic (exact) mass is 651 g/mol. The lowest BCUT2D eigenvalue weighted by molar-refractivity contribution is -0.129. The van der Waals surface area contributed by atoms with Gasteiger partial charge in [0.15, 0.2) is 11.6 Å². The summed E-state index contributed by atoms with van der Waals surface area (Å²) in [5.41, 5.74) is 10.8. The van der Waals surface area contributed by atoms with Gasteiger partial charge < -0.3 is 14.6 Å². The summed E-state index contributed by atoms with van der Waals surface area (Å²) in [6, 6.07) is 46.0. The Morgan fingerprint density at radius 2 is 1.43 bits per heavy atom. The number of benzene rings is 5. The Morgan fingerprint density at radius 3 is 2.12 bits per heavy atom. The molecule has 0 aliphatic carbocycles. The predicted octanol–water partition coefficient (Wildman–Crippen LogP) is 7.34. The fourth-order valence-electron chi connectivity index (χ4n) is 5.84. The minimum Gasteiger partial charge on any atom is -0.494 e. The Bertz CT molecular complexity index is 1830. The van der Waals surface area contributed by atoms with Gasteiger partial charge in [-0.15, -0.1) is 0 Å². The van der Waals surface area contributed by atoms with Crippen molar-refractivity contribution >= 4 is 17.9 Å². The van der Waals surface area contributed by atoms with Gasteiger partial charge in [-0.1, -0.05) is 127 Å². The van der Waals surface area contributed by atoms with Gasteiger partial charge in [-0.2, -0.15) is 0 Å². The number of rotatable bonds is 15. The zero-order valence-electron chi connectivity index (χ0n) is 27.4. The van der Waals surface area contributed by atoms with Crippen molar-refractivity contribution in [3.8, 4) is 16.9 Å². The van der Waals surface area contributed by atoms with Gasteiger partial charge in [-0.05, 0) is 58.5 Å². The molecule has 248 valence electrons. The van der Waals surface area contributed by atoms with E-state index in [2.05, 4.69) is 47.2 Å². The van der Waals surface area contributed by atoms with Crippen molar-refractivity contribution in [2.75, 3.05) is 19.8 Å². The van der Waals surface area contributed by atoms with E-state index in [-0.39, 0.29) is 12.5 Å². The molecule has 0 unspecified atom stereocenters. The summed E-state index contributed by atoms with van der Waals surface area (Å²) in [5.74, 6) is 0.780. The molecular formula is C42H41N3O4. The highest BCUT2D eigenvalue weighted by Crippen LogP contribution is 2.43. The standard InChI is InChI=1S/C42H41N3O4/c46-30-11-31-48-38-25-23-37(24-26-38)40-44-42(28-10-16-32-12-4-1-5-13-32,41(47)45-43-29-27-33-14-6-2-7-15-33)39(49-40)36-21-19-35(20-22-36)34-17-8-3-9-18-34/h1-10,12-26,39,43,46H,11,27-31H2,(H,45,47)/b16-10+/t39-,42-/m0/s1. The molecule has 5 aromatic rings. The number of ether oxygens (including phenoxy) is 2. The SMILES string of the molecule is O=C(NNCCc1ccccc1)[C@@]1(C/C=C/c2ccccc2)N=C(c2ccc(OCCCO)cc2)O[C@H]1c1ccc(-c2ccccc2)cc1. The second-order valence-corrected chi connectivity index (χ2v) is 11.9. The highest BCUT2D eigenvalue weighted by atomic mass is 16.5. The third-order valence-corrected chi connectivity index (χ3v) is 8.47. The molecule has 0 saturated carbocycles. The van der Waals surface area contributed by atoms with Gasteiger partial charge in [0.2, 0.25) is 5.90 Å². The van der Waals surface area contributed by atoms with Crippen LogP contribution in [0, 0.1) is 0 Å². The summed E-state index contributed by atoms with van der Waals surface area (Å²) in [6.07, 6.45) is 4.91. The average molecular weight is 652 g/mol. The number of hydrazine groups is 1. The molecule has 0 radical (unpaired) electrons. The largest absolute Gasteiger partial charge is 0.494 e. The van der Waals surface area contributed by atoms with Crippen LogP contribution in [-0.4, -0.2) is 42.2 Å². The van der Waals surface area contributed by atoms with Crippen molar-refractivity contribution in [2.45, 2.75) is 30.9 Å². The Kier molecular flexibility index (Phi) is 11.3. The number of nitrogens with one attached hydrogen (secondary N) is 2. The molecule has 1 heterocycles. The molecule has 1 aliphatic rings. The van der Waals surface area contributed by atoms with Gasteiger partial charge in [0.05, 0.1) is 6.61 Å². The number of carbonyl (C=O) groups excluding carboxylic acids is 1. The van der Waals surface area contributed by atoms with E-state index in [1.165, 1.54) is 5.56 Å². The first-order valence-electron chi connectivity index (χ1n) is 16.7. The molecule has 0 saturated heterocycles. The van der Waals surface area contributed by atoms with Crippen LogP contribution in [0.2, 0.25) is 0 Å². The maximum absolute atomic E-state index is 14.4. The molecule has 6 rings (SSSR count). The van der Waals surface area contributed by atoms with Gasteiger partial charge in [0.25, 0.3) is 5.91 Å². The van der Waals surface area contributed by atoms with Crippen LogP contribution in [-0.2, 0) is 16.0 Å². The summed E-state index contributed by atoms with van der Waals surface area (Å²) in [5, 5.41) is 9.11. The van der Waals surface area contributed by atoms with Crippen LogP contribution < -0.4 is 15.6 Å². The van der Waals surface area contributed by atoms with E-state index in [9.17, 15) is 4.79 Å². The summed E-state index contributed by atoms with van der Waals surface area (Å²) >= 11 is 0. The lowest BCUT2D eigenvalue weighted by Crippen LogP contribution is -2.52. The Labute approximate surface area is 287 Å². The first-order valence-corrected chi connectivity index (χ1v) is 16.7. The van der Waals surface area contributed by atoms with Gasteiger partial charge in [0.1, 0.15) is 5.75 Å². The molecular weight excluding hydrogens is 610 g/mol. The Balaban J connectivity index is 1.33. The second kappa shape index (κ2) is 16.6. The molecule has 49 heavy (non-hydrogen) atoms. The zero-order valence-corrected chi connectivity index (χ0v) is 27.4. The minimum atomic E-state index is -1.31. The molecule has 0 bridgehead atoms. The molecule has 1 amide bonds. The van der Waals surface area contributed by atoms with E-state index in [1.54, 1.807) is 0 Å². The number of aliphatic hydroxyl groups excluding tert-OH is 1. The van der Waals surface area contributed by atoms with Crippen LogP contribution in [0.25, 0.3) is 17.2 Å². The summed E-state index contributed by atoms with van der Waals surface area (Å²) < 4.78 is 12.4. The van der Waals surface area contributed by atoms with Gasteiger partial charge in [-0.25, -0.2) is 10.4 Å². The number of aliphatic imine (C=N–C) groups is 1. The van der Waals surface area contributed by atoms with Crippen LogP contribution in [0.15, 0.2) is 151 Å². The van der Waals surface area contributed by atoms with Crippen molar-refractivity contribution in [2.24, 2.45) is 4.99 Å². The van der Waals surface area contributed by atoms with Gasteiger partial charge in [-0.3, -0.25) is 10.2 Å². The Hall–Kier alpha value is -5.50. The summed E-state index contributed by atoms with van der Waals surface area (Å²) in [4.78, 5) is 19.6. The highest BCUT2D eigenvalue weighted by molar-refractivity contribution is 6.01. The van der Waals surface area contributed by atoms with Crippen LogP contribution in [0.1, 0.15) is 41.2 Å². The van der Waals surface area contributed by atoms with Gasteiger partial charge in [0, 0.05) is 31.6 Å². The number of nitrogens with zero attached hydrogens (tertiary/aromatic N) is 1. The summed E-state index contributed by atoms with van der Waals surface area (Å²) in [7, 11) is 0. The topological polar surface area (TPSA) is 92.2 Å². The van der Waals surface area contributed by atoms with Crippen molar-refractivity contribution in [1.82, 2.24) is 10.9 Å². The number of hydrogen-bond donors (Lipinski definition) is 3. The molecule has 0 aromatic heterocycles. The van der Waals surface area contributed by atoms with E-state index >= 15 is 0 Å². The van der Waals surface area contributed by atoms with Crippen LogP contribution in [0.5, 0.6) is 5.75 Å². The van der Waals surface area contributed by atoms with Gasteiger partial charge >= 0.3 is 0 Å². The van der Waals surface area contributed by atoms with E-state index < -0.39 is 11.6 Å². The molecule has 5 aromatic carbocycles.